The largest absolute Gasteiger partial charge is 0.493 e. The first-order valence-corrected chi connectivity index (χ1v) is 9.27. The Morgan fingerprint density at radius 1 is 1.22 bits per heavy atom. The van der Waals surface area contributed by atoms with Crippen molar-refractivity contribution in [3.05, 3.63) is 22.2 Å². The van der Waals surface area contributed by atoms with Gasteiger partial charge in [0.2, 0.25) is 0 Å². The highest BCUT2D eigenvalue weighted by Gasteiger charge is 2.15. The molecule has 0 aliphatic rings. The lowest BCUT2D eigenvalue weighted by molar-refractivity contribution is 0.227. The summed E-state index contributed by atoms with van der Waals surface area (Å²) in [6.45, 7) is 13.6. The molecule has 0 aromatic heterocycles. The Morgan fingerprint density at radius 2 is 1.91 bits per heavy atom. The molecule has 0 unspecified atom stereocenters. The van der Waals surface area contributed by atoms with E-state index in [0.717, 1.165) is 60.7 Å². The van der Waals surface area contributed by atoms with E-state index in [1.807, 2.05) is 26.0 Å². The van der Waals surface area contributed by atoms with Crippen LogP contribution in [0.3, 0.4) is 0 Å². The SMILES string of the molecule is CCN(CC)CCCNCc1c(Br)ccc(OC)c1OC(C)C. The number of nitrogens with zero attached hydrogens (tertiary/aromatic N) is 1. The predicted molar refractivity (Wildman–Crippen MR) is 101 cm³/mol. The summed E-state index contributed by atoms with van der Waals surface area (Å²) < 4.78 is 12.5. The highest BCUT2D eigenvalue weighted by Crippen LogP contribution is 2.36. The zero-order valence-electron chi connectivity index (χ0n) is 15.1. The van der Waals surface area contributed by atoms with Crippen LogP contribution in [0.25, 0.3) is 0 Å². The standard InChI is InChI=1S/C18H31BrN2O2/c1-6-21(7-2)12-8-11-20-13-15-16(19)9-10-17(22-5)18(15)23-14(3)4/h9-10,14,20H,6-8,11-13H2,1-5H3. The third kappa shape index (κ3) is 6.69. The molecule has 5 heteroatoms. The van der Waals surface area contributed by atoms with E-state index in [1.54, 1.807) is 7.11 Å². The van der Waals surface area contributed by atoms with Gasteiger partial charge in [-0.05, 0) is 58.6 Å². The molecule has 0 saturated carbocycles. The monoisotopic (exact) mass is 386 g/mol. The van der Waals surface area contributed by atoms with E-state index in [2.05, 4.69) is 40.0 Å². The van der Waals surface area contributed by atoms with Gasteiger partial charge >= 0.3 is 0 Å². The molecule has 1 rings (SSSR count). The summed E-state index contributed by atoms with van der Waals surface area (Å²) in [5.74, 6) is 1.61. The molecule has 23 heavy (non-hydrogen) atoms. The molecule has 0 aliphatic carbocycles. The summed E-state index contributed by atoms with van der Waals surface area (Å²) in [4.78, 5) is 2.44. The summed E-state index contributed by atoms with van der Waals surface area (Å²) in [6, 6.07) is 3.95. The zero-order chi connectivity index (χ0) is 17.2. The molecule has 0 radical (unpaired) electrons. The van der Waals surface area contributed by atoms with Gasteiger partial charge < -0.3 is 19.7 Å². The van der Waals surface area contributed by atoms with Crippen LogP contribution in [-0.4, -0.2) is 44.3 Å². The Labute approximate surface area is 149 Å². The van der Waals surface area contributed by atoms with Gasteiger partial charge in [0.05, 0.1) is 13.2 Å². The molecular weight excluding hydrogens is 356 g/mol. The number of hydrogen-bond donors (Lipinski definition) is 1. The lowest BCUT2D eigenvalue weighted by Crippen LogP contribution is -2.27. The van der Waals surface area contributed by atoms with Crippen molar-refractivity contribution in [2.45, 2.75) is 46.8 Å². The number of ether oxygens (including phenoxy) is 2. The number of rotatable bonds is 11. The van der Waals surface area contributed by atoms with Crippen LogP contribution in [0.2, 0.25) is 0 Å². The molecule has 1 aromatic rings. The molecule has 0 bridgehead atoms. The molecule has 132 valence electrons. The summed E-state index contributed by atoms with van der Waals surface area (Å²) in [5.41, 5.74) is 1.11. The van der Waals surface area contributed by atoms with E-state index in [-0.39, 0.29) is 6.10 Å². The summed E-state index contributed by atoms with van der Waals surface area (Å²) in [6.07, 6.45) is 1.25. The molecule has 0 spiro atoms. The minimum Gasteiger partial charge on any atom is -0.493 e. The van der Waals surface area contributed by atoms with Crippen LogP contribution in [0.4, 0.5) is 0 Å². The van der Waals surface area contributed by atoms with Gasteiger partial charge in [-0.25, -0.2) is 0 Å². The Kier molecular flexibility index (Phi) is 9.60. The van der Waals surface area contributed by atoms with Crippen LogP contribution in [0, 0.1) is 0 Å². The molecule has 1 aromatic carbocycles. The number of methoxy groups -OCH3 is 1. The van der Waals surface area contributed by atoms with Crippen molar-refractivity contribution in [3.8, 4) is 11.5 Å². The molecule has 1 N–H and O–H groups in total. The molecule has 0 saturated heterocycles. The Balaban J connectivity index is 2.64. The molecule has 4 nitrogen and oxygen atoms in total. The van der Waals surface area contributed by atoms with Crippen LogP contribution >= 0.6 is 15.9 Å². The normalized spacial score (nSPS) is 11.3. The van der Waals surface area contributed by atoms with Gasteiger partial charge in [-0.15, -0.1) is 0 Å². The van der Waals surface area contributed by atoms with Crippen LogP contribution in [-0.2, 0) is 6.54 Å². The lowest BCUT2D eigenvalue weighted by atomic mass is 10.1. The van der Waals surface area contributed by atoms with Gasteiger partial charge in [0.25, 0.3) is 0 Å². The van der Waals surface area contributed by atoms with Crippen molar-refractivity contribution in [2.75, 3.05) is 33.3 Å². The van der Waals surface area contributed by atoms with Crippen molar-refractivity contribution < 1.29 is 9.47 Å². The first-order valence-electron chi connectivity index (χ1n) is 8.48. The first kappa shape index (κ1) is 20.3. The fraction of sp³-hybridized carbons (Fsp3) is 0.667. The van der Waals surface area contributed by atoms with Crippen LogP contribution in [0.5, 0.6) is 11.5 Å². The Morgan fingerprint density at radius 3 is 2.48 bits per heavy atom. The molecular formula is C18H31BrN2O2. The van der Waals surface area contributed by atoms with Crippen LogP contribution in [0.1, 0.15) is 39.7 Å². The molecule has 0 fully saturated rings. The van der Waals surface area contributed by atoms with Gasteiger partial charge in [-0.2, -0.15) is 0 Å². The second-order valence-electron chi connectivity index (χ2n) is 5.78. The molecule has 0 aliphatic heterocycles. The summed E-state index contributed by atoms with van der Waals surface area (Å²) >= 11 is 3.63. The average Bonchev–Trinajstić information content (AvgIpc) is 2.53. The van der Waals surface area contributed by atoms with Crippen LogP contribution < -0.4 is 14.8 Å². The topological polar surface area (TPSA) is 33.7 Å². The fourth-order valence-corrected chi connectivity index (χ4v) is 2.91. The zero-order valence-corrected chi connectivity index (χ0v) is 16.7. The molecule has 0 amide bonds. The number of nitrogens with one attached hydrogen (secondary N) is 1. The minimum absolute atomic E-state index is 0.111. The van der Waals surface area contributed by atoms with E-state index < -0.39 is 0 Å². The molecule has 0 heterocycles. The van der Waals surface area contributed by atoms with E-state index in [4.69, 9.17) is 9.47 Å². The number of benzene rings is 1. The van der Waals surface area contributed by atoms with Crippen LogP contribution in [0.15, 0.2) is 16.6 Å². The molecule has 0 atom stereocenters. The average molecular weight is 387 g/mol. The van der Waals surface area contributed by atoms with E-state index >= 15 is 0 Å². The summed E-state index contributed by atoms with van der Waals surface area (Å²) in [5, 5.41) is 3.52. The third-order valence-corrected chi connectivity index (χ3v) is 4.51. The smallest absolute Gasteiger partial charge is 0.167 e. The quantitative estimate of drug-likeness (QED) is 0.581. The number of hydrogen-bond acceptors (Lipinski definition) is 4. The second kappa shape index (κ2) is 10.9. The van der Waals surface area contributed by atoms with E-state index in [0.29, 0.717) is 0 Å². The maximum atomic E-state index is 5.98. The first-order chi connectivity index (χ1) is 11.0. The van der Waals surface area contributed by atoms with Crippen molar-refractivity contribution in [3.63, 3.8) is 0 Å². The maximum Gasteiger partial charge on any atom is 0.167 e. The van der Waals surface area contributed by atoms with Gasteiger partial charge in [0, 0.05) is 16.6 Å². The Hall–Kier alpha value is -0.780. The van der Waals surface area contributed by atoms with Gasteiger partial charge in [0.15, 0.2) is 11.5 Å². The van der Waals surface area contributed by atoms with Gasteiger partial charge in [0.1, 0.15) is 0 Å². The van der Waals surface area contributed by atoms with Crippen molar-refractivity contribution in [1.82, 2.24) is 10.2 Å². The maximum absolute atomic E-state index is 5.98. The van der Waals surface area contributed by atoms with Crippen molar-refractivity contribution in [2.24, 2.45) is 0 Å². The fourth-order valence-electron chi connectivity index (χ4n) is 2.45. The third-order valence-electron chi connectivity index (χ3n) is 3.76. The van der Waals surface area contributed by atoms with E-state index in [9.17, 15) is 0 Å². The Bertz CT molecular complexity index is 463. The van der Waals surface area contributed by atoms with E-state index in [1.165, 1.54) is 0 Å². The summed E-state index contributed by atoms with van der Waals surface area (Å²) in [7, 11) is 1.68. The predicted octanol–water partition coefficient (Wildman–Crippen LogP) is 4.07. The highest BCUT2D eigenvalue weighted by molar-refractivity contribution is 9.10. The second-order valence-corrected chi connectivity index (χ2v) is 6.64. The highest BCUT2D eigenvalue weighted by atomic mass is 79.9. The van der Waals surface area contributed by atoms with Gasteiger partial charge in [-0.1, -0.05) is 29.8 Å². The minimum atomic E-state index is 0.111. The van der Waals surface area contributed by atoms with Crippen molar-refractivity contribution >= 4 is 15.9 Å². The van der Waals surface area contributed by atoms with Crippen molar-refractivity contribution in [1.29, 1.82) is 0 Å². The lowest BCUT2D eigenvalue weighted by Gasteiger charge is -2.20. The number of halogens is 1. The van der Waals surface area contributed by atoms with Gasteiger partial charge in [-0.3, -0.25) is 0 Å².